The summed E-state index contributed by atoms with van der Waals surface area (Å²) >= 11 is 0. The Bertz CT molecular complexity index is 286. The quantitative estimate of drug-likeness (QED) is 0.792. The first-order chi connectivity index (χ1) is 8.67. The lowest BCUT2D eigenvalue weighted by atomic mass is 9.84. The van der Waals surface area contributed by atoms with Crippen LogP contribution in [0.2, 0.25) is 0 Å². The van der Waals surface area contributed by atoms with E-state index in [9.17, 15) is 4.79 Å². The number of hydrogen-bond acceptors (Lipinski definition) is 4. The molecule has 4 unspecified atom stereocenters. The monoisotopic (exact) mass is 256 g/mol. The van der Waals surface area contributed by atoms with Crippen molar-refractivity contribution in [2.75, 3.05) is 27.3 Å². The van der Waals surface area contributed by atoms with Crippen molar-refractivity contribution < 1.29 is 14.3 Å². The summed E-state index contributed by atoms with van der Waals surface area (Å²) in [5.41, 5.74) is 6.07. The molecule has 5 nitrogen and oxygen atoms in total. The van der Waals surface area contributed by atoms with Gasteiger partial charge in [-0.15, -0.1) is 0 Å². The zero-order valence-corrected chi connectivity index (χ0v) is 11.3. The minimum Gasteiger partial charge on any atom is -0.377 e. The number of carbonyl (C=O) groups excluding carboxylic acids is 1. The Labute approximate surface area is 109 Å². The van der Waals surface area contributed by atoms with Crippen LogP contribution in [0.4, 0.5) is 0 Å². The van der Waals surface area contributed by atoms with E-state index in [1.54, 1.807) is 14.2 Å². The van der Waals surface area contributed by atoms with Crippen LogP contribution in [0.25, 0.3) is 0 Å². The van der Waals surface area contributed by atoms with Crippen LogP contribution < -0.4 is 5.73 Å². The van der Waals surface area contributed by atoms with E-state index in [0.29, 0.717) is 13.1 Å². The largest absolute Gasteiger partial charge is 0.377 e. The molecule has 1 saturated carbocycles. The molecule has 1 aliphatic heterocycles. The maximum absolute atomic E-state index is 12.5. The fourth-order valence-electron chi connectivity index (χ4n) is 3.08. The Hall–Kier alpha value is -0.650. The van der Waals surface area contributed by atoms with Crippen molar-refractivity contribution in [1.82, 2.24) is 4.90 Å². The molecule has 1 heterocycles. The Balaban J connectivity index is 1.97. The molecule has 0 spiro atoms. The van der Waals surface area contributed by atoms with Crippen molar-refractivity contribution >= 4 is 5.91 Å². The first-order valence-electron chi connectivity index (χ1n) is 6.77. The van der Waals surface area contributed by atoms with Gasteiger partial charge in [-0.25, -0.2) is 0 Å². The maximum atomic E-state index is 12.5. The van der Waals surface area contributed by atoms with Crippen LogP contribution in [-0.2, 0) is 14.3 Å². The third kappa shape index (κ3) is 2.68. The van der Waals surface area contributed by atoms with Crippen LogP contribution in [-0.4, -0.2) is 56.4 Å². The smallest absolute Gasteiger partial charge is 0.227 e. The van der Waals surface area contributed by atoms with Crippen molar-refractivity contribution in [3.63, 3.8) is 0 Å². The van der Waals surface area contributed by atoms with Crippen LogP contribution in [0.5, 0.6) is 0 Å². The number of methoxy groups -OCH3 is 2. The van der Waals surface area contributed by atoms with Gasteiger partial charge in [0.2, 0.25) is 5.91 Å². The molecular weight excluding hydrogens is 232 g/mol. The van der Waals surface area contributed by atoms with Crippen molar-refractivity contribution in [2.24, 2.45) is 11.7 Å². The van der Waals surface area contributed by atoms with E-state index in [-0.39, 0.29) is 30.1 Å². The fourth-order valence-corrected chi connectivity index (χ4v) is 3.08. The highest BCUT2D eigenvalue weighted by Gasteiger charge is 2.39. The van der Waals surface area contributed by atoms with Crippen molar-refractivity contribution in [1.29, 1.82) is 0 Å². The van der Waals surface area contributed by atoms with Gasteiger partial charge in [0.15, 0.2) is 0 Å². The minimum absolute atomic E-state index is 0.00753. The zero-order valence-electron chi connectivity index (χ0n) is 11.3. The third-order valence-electron chi connectivity index (χ3n) is 4.27. The Morgan fingerprint density at radius 2 is 1.67 bits per heavy atom. The van der Waals surface area contributed by atoms with Crippen LogP contribution in [0.1, 0.15) is 25.7 Å². The normalized spacial score (nSPS) is 36.9. The fraction of sp³-hybridized carbons (Fsp3) is 0.923. The molecule has 2 fully saturated rings. The molecule has 0 aromatic rings. The molecule has 104 valence electrons. The van der Waals surface area contributed by atoms with E-state index in [1.807, 2.05) is 4.90 Å². The summed E-state index contributed by atoms with van der Waals surface area (Å²) in [5.74, 6) is 0.177. The molecule has 1 amide bonds. The second kappa shape index (κ2) is 5.99. The van der Waals surface area contributed by atoms with Crippen molar-refractivity contribution in [3.8, 4) is 0 Å². The van der Waals surface area contributed by atoms with Gasteiger partial charge in [0.05, 0.1) is 5.92 Å². The molecule has 2 rings (SSSR count). The van der Waals surface area contributed by atoms with Crippen LogP contribution in [0.15, 0.2) is 0 Å². The van der Waals surface area contributed by atoms with E-state index in [4.69, 9.17) is 15.2 Å². The number of carbonyl (C=O) groups is 1. The molecule has 2 N–H and O–H groups in total. The van der Waals surface area contributed by atoms with Gasteiger partial charge in [-0.1, -0.05) is 12.8 Å². The van der Waals surface area contributed by atoms with E-state index in [1.165, 1.54) is 0 Å². The average molecular weight is 256 g/mol. The first-order valence-corrected chi connectivity index (χ1v) is 6.77. The topological polar surface area (TPSA) is 64.8 Å². The highest BCUT2D eigenvalue weighted by molar-refractivity contribution is 5.80. The molecule has 0 aromatic carbocycles. The standard InChI is InChI=1S/C13H24N2O3/c1-17-11-7-15(8-12(11)18-2)13(16)9-5-3-4-6-10(9)14/h9-12H,3-8,14H2,1-2H3. The van der Waals surface area contributed by atoms with Crippen LogP contribution >= 0.6 is 0 Å². The highest BCUT2D eigenvalue weighted by atomic mass is 16.5. The highest BCUT2D eigenvalue weighted by Crippen LogP contribution is 2.27. The SMILES string of the molecule is COC1CN(C(=O)C2CCCCC2N)CC1OC. The molecule has 0 radical (unpaired) electrons. The summed E-state index contributed by atoms with van der Waals surface area (Å²) < 4.78 is 10.7. The number of likely N-dealkylation sites (tertiary alicyclic amines) is 1. The minimum atomic E-state index is -0.0150. The summed E-state index contributed by atoms with van der Waals surface area (Å²) in [7, 11) is 3.33. The van der Waals surface area contributed by atoms with Crippen molar-refractivity contribution in [3.05, 3.63) is 0 Å². The molecular formula is C13H24N2O3. The first kappa shape index (κ1) is 13.8. The molecule has 1 saturated heterocycles. The molecule has 0 bridgehead atoms. The maximum Gasteiger partial charge on any atom is 0.227 e. The molecule has 1 aliphatic carbocycles. The third-order valence-corrected chi connectivity index (χ3v) is 4.27. The molecule has 4 atom stereocenters. The predicted octanol–water partition coefficient (Wildman–Crippen LogP) is 0.376. The van der Waals surface area contributed by atoms with E-state index >= 15 is 0 Å². The zero-order chi connectivity index (χ0) is 13.1. The van der Waals surface area contributed by atoms with Gasteiger partial charge in [0.1, 0.15) is 12.2 Å². The van der Waals surface area contributed by atoms with Gasteiger partial charge in [0, 0.05) is 33.4 Å². The number of amides is 1. The Morgan fingerprint density at radius 1 is 1.11 bits per heavy atom. The number of rotatable bonds is 3. The summed E-state index contributed by atoms with van der Waals surface area (Å²) in [5, 5.41) is 0. The van der Waals surface area contributed by atoms with E-state index < -0.39 is 0 Å². The predicted molar refractivity (Wildman–Crippen MR) is 68.1 cm³/mol. The second-order valence-electron chi connectivity index (χ2n) is 5.35. The van der Waals surface area contributed by atoms with E-state index in [2.05, 4.69) is 0 Å². The van der Waals surface area contributed by atoms with Crippen LogP contribution in [0.3, 0.4) is 0 Å². The summed E-state index contributed by atoms with van der Waals surface area (Å²) in [6.45, 7) is 1.24. The number of ether oxygens (including phenoxy) is 2. The van der Waals surface area contributed by atoms with E-state index in [0.717, 1.165) is 25.7 Å². The number of nitrogens with zero attached hydrogens (tertiary/aromatic N) is 1. The average Bonchev–Trinajstić information content (AvgIpc) is 2.81. The lowest BCUT2D eigenvalue weighted by Gasteiger charge is -2.30. The van der Waals surface area contributed by atoms with Crippen molar-refractivity contribution in [2.45, 2.75) is 43.9 Å². The van der Waals surface area contributed by atoms with Gasteiger partial charge in [-0.05, 0) is 12.8 Å². The second-order valence-corrected chi connectivity index (χ2v) is 5.35. The number of nitrogens with two attached hydrogens (primary N) is 1. The lowest BCUT2D eigenvalue weighted by Crippen LogP contribution is -2.45. The Morgan fingerprint density at radius 3 is 2.17 bits per heavy atom. The summed E-state index contributed by atoms with van der Waals surface area (Å²) in [6.07, 6.45) is 4.11. The summed E-state index contributed by atoms with van der Waals surface area (Å²) in [4.78, 5) is 14.3. The molecule has 2 aliphatic rings. The lowest BCUT2D eigenvalue weighted by molar-refractivity contribution is -0.136. The molecule has 18 heavy (non-hydrogen) atoms. The van der Waals surface area contributed by atoms with Crippen LogP contribution in [0, 0.1) is 5.92 Å². The summed E-state index contributed by atoms with van der Waals surface area (Å²) in [6, 6.07) is 0.0221. The van der Waals surface area contributed by atoms with Gasteiger partial charge < -0.3 is 20.1 Å². The Kier molecular flexibility index (Phi) is 4.59. The van der Waals surface area contributed by atoms with Gasteiger partial charge >= 0.3 is 0 Å². The molecule has 5 heteroatoms. The van der Waals surface area contributed by atoms with Gasteiger partial charge in [-0.3, -0.25) is 4.79 Å². The number of hydrogen-bond donors (Lipinski definition) is 1. The molecule has 0 aromatic heterocycles. The van der Waals surface area contributed by atoms with Gasteiger partial charge in [0.25, 0.3) is 0 Å². The van der Waals surface area contributed by atoms with Gasteiger partial charge in [-0.2, -0.15) is 0 Å².